The van der Waals surface area contributed by atoms with E-state index in [1.165, 1.54) is 0 Å². The van der Waals surface area contributed by atoms with Crippen molar-refractivity contribution in [3.05, 3.63) is 46.2 Å². The molecule has 2 heterocycles. The Morgan fingerprint density at radius 3 is 2.76 bits per heavy atom. The molecule has 0 radical (unpaired) electrons. The number of aromatic nitrogens is 3. The smallest absolute Gasteiger partial charge is 0.112 e. The van der Waals surface area contributed by atoms with Crippen molar-refractivity contribution in [1.82, 2.24) is 14.5 Å². The second-order valence-corrected chi connectivity index (χ2v) is 6.15. The maximum atomic E-state index is 10.3. The number of aryl methyl sites for hydroxylation is 2. The number of fused-ring (bicyclic) bond motifs is 1. The Morgan fingerprint density at radius 2 is 2.05 bits per heavy atom. The molecule has 5 heteroatoms. The molecule has 2 aromatic heterocycles. The molecule has 0 spiro atoms. The molecule has 3 rings (SSSR count). The zero-order valence-electron chi connectivity index (χ0n) is 12.3. The first-order valence-corrected chi connectivity index (χ1v) is 8.08. The monoisotopic (exact) mass is 301 g/mol. The summed E-state index contributed by atoms with van der Waals surface area (Å²) < 4.78 is 2.17. The van der Waals surface area contributed by atoms with E-state index in [0.717, 1.165) is 34.1 Å². The van der Waals surface area contributed by atoms with Crippen molar-refractivity contribution in [3.8, 4) is 0 Å². The van der Waals surface area contributed by atoms with Crippen LogP contribution in [0.4, 0.5) is 0 Å². The molecule has 0 fully saturated rings. The lowest BCUT2D eigenvalue weighted by atomic mass is 10.2. The molecule has 110 valence electrons. The Bertz CT molecular complexity index is 747. The molecule has 3 aromatic rings. The van der Waals surface area contributed by atoms with Gasteiger partial charge >= 0.3 is 0 Å². The molecule has 0 bridgehead atoms. The van der Waals surface area contributed by atoms with Crippen molar-refractivity contribution in [2.45, 2.75) is 39.3 Å². The second kappa shape index (κ2) is 5.95. The van der Waals surface area contributed by atoms with Crippen LogP contribution >= 0.6 is 11.3 Å². The molecule has 0 aliphatic heterocycles. The molecule has 0 saturated carbocycles. The molecule has 0 aliphatic rings. The van der Waals surface area contributed by atoms with Gasteiger partial charge in [-0.05, 0) is 26.0 Å². The Hall–Kier alpha value is -1.72. The minimum atomic E-state index is -0.447. The van der Waals surface area contributed by atoms with Crippen molar-refractivity contribution in [3.63, 3.8) is 0 Å². The van der Waals surface area contributed by atoms with Crippen molar-refractivity contribution in [1.29, 1.82) is 0 Å². The SMILES string of the molecule is CCn1c(CC(O)Cc2nc(C)cs2)nc2ccccc21. The number of nitrogens with zero attached hydrogens (tertiary/aromatic N) is 3. The van der Waals surface area contributed by atoms with Crippen LogP contribution < -0.4 is 0 Å². The normalized spacial score (nSPS) is 12.9. The number of thiazole rings is 1. The quantitative estimate of drug-likeness (QED) is 0.788. The van der Waals surface area contributed by atoms with Gasteiger partial charge in [0.1, 0.15) is 5.82 Å². The molecular weight excluding hydrogens is 282 g/mol. The standard InChI is InChI=1S/C16H19N3OS/c1-3-19-14-7-5-4-6-13(14)18-15(19)8-12(20)9-16-17-11(2)10-21-16/h4-7,10,12,20H,3,8-9H2,1-2H3. The van der Waals surface area contributed by atoms with E-state index in [1.807, 2.05) is 30.5 Å². The van der Waals surface area contributed by atoms with Gasteiger partial charge in [-0.15, -0.1) is 11.3 Å². The third-order valence-corrected chi connectivity index (χ3v) is 4.53. The van der Waals surface area contributed by atoms with Crippen LogP contribution in [0.3, 0.4) is 0 Å². The van der Waals surface area contributed by atoms with Gasteiger partial charge in [0.25, 0.3) is 0 Å². The van der Waals surface area contributed by atoms with Crippen LogP contribution in [0.25, 0.3) is 11.0 Å². The first-order valence-electron chi connectivity index (χ1n) is 7.20. The van der Waals surface area contributed by atoms with Crippen LogP contribution in [0.2, 0.25) is 0 Å². The lowest BCUT2D eigenvalue weighted by Crippen LogP contribution is -2.17. The molecule has 1 N–H and O–H groups in total. The number of aliphatic hydroxyl groups is 1. The summed E-state index contributed by atoms with van der Waals surface area (Å²) in [5, 5.41) is 13.3. The number of rotatable bonds is 5. The first-order chi connectivity index (χ1) is 10.2. The summed E-state index contributed by atoms with van der Waals surface area (Å²) in [6.07, 6.45) is 0.699. The van der Waals surface area contributed by atoms with Crippen LogP contribution in [0.1, 0.15) is 23.4 Å². The fraction of sp³-hybridized carbons (Fsp3) is 0.375. The zero-order chi connectivity index (χ0) is 14.8. The maximum Gasteiger partial charge on any atom is 0.112 e. The molecule has 1 atom stereocenters. The molecule has 4 nitrogen and oxygen atoms in total. The molecule has 0 aliphatic carbocycles. The largest absolute Gasteiger partial charge is 0.392 e. The molecule has 21 heavy (non-hydrogen) atoms. The summed E-state index contributed by atoms with van der Waals surface area (Å²) >= 11 is 1.61. The van der Waals surface area contributed by atoms with Gasteiger partial charge < -0.3 is 9.67 Å². The predicted molar refractivity (Wildman–Crippen MR) is 85.7 cm³/mol. The lowest BCUT2D eigenvalue weighted by molar-refractivity contribution is 0.171. The van der Waals surface area contributed by atoms with E-state index in [1.54, 1.807) is 11.3 Å². The summed E-state index contributed by atoms with van der Waals surface area (Å²) in [7, 11) is 0. The highest BCUT2D eigenvalue weighted by atomic mass is 32.1. The molecular formula is C16H19N3OS. The summed E-state index contributed by atoms with van der Waals surface area (Å²) in [5.41, 5.74) is 3.14. The zero-order valence-corrected chi connectivity index (χ0v) is 13.1. The summed E-state index contributed by atoms with van der Waals surface area (Å²) in [6.45, 7) is 4.94. The van der Waals surface area contributed by atoms with Gasteiger partial charge in [-0.1, -0.05) is 12.1 Å². The Morgan fingerprint density at radius 1 is 1.24 bits per heavy atom. The van der Waals surface area contributed by atoms with E-state index in [9.17, 15) is 5.11 Å². The van der Waals surface area contributed by atoms with Crippen molar-refractivity contribution >= 4 is 22.4 Å². The third kappa shape index (κ3) is 2.99. The molecule has 1 unspecified atom stereocenters. The Labute approximate surface area is 128 Å². The van der Waals surface area contributed by atoms with Gasteiger partial charge in [0.2, 0.25) is 0 Å². The van der Waals surface area contributed by atoms with E-state index < -0.39 is 6.10 Å². The number of benzene rings is 1. The highest BCUT2D eigenvalue weighted by Crippen LogP contribution is 2.18. The number of hydrogen-bond donors (Lipinski definition) is 1. The number of para-hydroxylation sites is 2. The van der Waals surface area contributed by atoms with Crippen molar-refractivity contribution in [2.75, 3.05) is 0 Å². The van der Waals surface area contributed by atoms with Crippen LogP contribution in [-0.4, -0.2) is 25.7 Å². The maximum absolute atomic E-state index is 10.3. The summed E-state index contributed by atoms with van der Waals surface area (Å²) in [5.74, 6) is 0.944. The van der Waals surface area contributed by atoms with Crippen molar-refractivity contribution < 1.29 is 5.11 Å². The Balaban J connectivity index is 1.80. The number of hydrogen-bond acceptors (Lipinski definition) is 4. The van der Waals surface area contributed by atoms with Crippen LogP contribution in [0.5, 0.6) is 0 Å². The lowest BCUT2D eigenvalue weighted by Gasteiger charge is -2.10. The topological polar surface area (TPSA) is 50.9 Å². The number of imidazole rings is 1. The average molecular weight is 301 g/mol. The highest BCUT2D eigenvalue weighted by Gasteiger charge is 2.15. The second-order valence-electron chi connectivity index (χ2n) is 5.21. The van der Waals surface area contributed by atoms with E-state index in [2.05, 4.69) is 27.5 Å². The van der Waals surface area contributed by atoms with E-state index in [4.69, 9.17) is 0 Å². The van der Waals surface area contributed by atoms with Gasteiger partial charge in [0, 0.05) is 30.5 Å². The van der Waals surface area contributed by atoms with E-state index in [-0.39, 0.29) is 0 Å². The molecule has 0 saturated heterocycles. The Kier molecular flexibility index (Phi) is 4.03. The van der Waals surface area contributed by atoms with Crippen molar-refractivity contribution in [2.24, 2.45) is 0 Å². The third-order valence-electron chi connectivity index (χ3n) is 3.54. The van der Waals surface area contributed by atoms with Gasteiger partial charge in [-0.3, -0.25) is 0 Å². The van der Waals surface area contributed by atoms with E-state index >= 15 is 0 Å². The number of aliphatic hydroxyl groups excluding tert-OH is 1. The molecule has 1 aromatic carbocycles. The summed E-state index contributed by atoms with van der Waals surface area (Å²) in [4.78, 5) is 9.07. The van der Waals surface area contributed by atoms with Gasteiger partial charge in [0.15, 0.2) is 0 Å². The van der Waals surface area contributed by atoms with Gasteiger partial charge in [0.05, 0.1) is 22.1 Å². The minimum Gasteiger partial charge on any atom is -0.392 e. The fourth-order valence-electron chi connectivity index (χ4n) is 2.62. The summed E-state index contributed by atoms with van der Waals surface area (Å²) in [6, 6.07) is 8.11. The predicted octanol–water partition coefficient (Wildman–Crippen LogP) is 2.97. The van der Waals surface area contributed by atoms with Gasteiger partial charge in [-0.25, -0.2) is 9.97 Å². The average Bonchev–Trinajstić information content (AvgIpc) is 3.01. The highest BCUT2D eigenvalue weighted by molar-refractivity contribution is 7.09. The fourth-order valence-corrected chi connectivity index (χ4v) is 3.46. The van der Waals surface area contributed by atoms with Crippen LogP contribution in [0, 0.1) is 6.92 Å². The van der Waals surface area contributed by atoms with E-state index in [0.29, 0.717) is 12.8 Å². The van der Waals surface area contributed by atoms with Gasteiger partial charge in [-0.2, -0.15) is 0 Å². The minimum absolute atomic E-state index is 0.447. The molecule has 0 amide bonds. The van der Waals surface area contributed by atoms with Crippen LogP contribution in [0.15, 0.2) is 29.6 Å². The van der Waals surface area contributed by atoms with Crippen LogP contribution in [-0.2, 0) is 19.4 Å². The first kappa shape index (κ1) is 14.2.